The summed E-state index contributed by atoms with van der Waals surface area (Å²) in [4.78, 5) is 4.26. The lowest BCUT2D eigenvalue weighted by atomic mass is 10.1. The summed E-state index contributed by atoms with van der Waals surface area (Å²) in [7, 11) is 0. The zero-order chi connectivity index (χ0) is 14.0. The molecule has 104 valence electrons. The molecule has 0 aliphatic carbocycles. The minimum absolute atomic E-state index is 0.0608. The van der Waals surface area contributed by atoms with Gasteiger partial charge in [-0.3, -0.25) is 4.99 Å². The average molecular weight is 288 g/mol. The Morgan fingerprint density at radius 3 is 2.58 bits per heavy atom. The standard InChI is InChI=1S/C13H15F3N2S/c1-8(2)11-7-17-12(19-11)18-10-6-4-3-5-9(10)13(14,15)16/h3-6,8,11H,7H2,1-2H3,(H,17,18). The topological polar surface area (TPSA) is 24.4 Å². The lowest BCUT2D eigenvalue weighted by Gasteiger charge is -2.15. The van der Waals surface area contributed by atoms with Gasteiger partial charge in [0.05, 0.1) is 17.8 Å². The zero-order valence-corrected chi connectivity index (χ0v) is 11.5. The number of thioether (sulfide) groups is 1. The third-order valence-corrected chi connectivity index (χ3v) is 4.35. The number of hydrogen-bond acceptors (Lipinski definition) is 3. The number of aliphatic imine (C=N–C) groups is 1. The summed E-state index contributed by atoms with van der Waals surface area (Å²) in [5, 5.41) is 3.69. The maximum absolute atomic E-state index is 12.8. The predicted molar refractivity (Wildman–Crippen MR) is 73.6 cm³/mol. The van der Waals surface area contributed by atoms with Crippen molar-refractivity contribution in [1.82, 2.24) is 0 Å². The maximum atomic E-state index is 12.8. The van der Waals surface area contributed by atoms with E-state index in [0.29, 0.717) is 22.9 Å². The monoisotopic (exact) mass is 288 g/mol. The largest absolute Gasteiger partial charge is 0.418 e. The summed E-state index contributed by atoms with van der Waals surface area (Å²) in [5.41, 5.74) is -0.600. The van der Waals surface area contributed by atoms with Gasteiger partial charge in [0.25, 0.3) is 0 Å². The van der Waals surface area contributed by atoms with Gasteiger partial charge in [-0.25, -0.2) is 0 Å². The molecule has 0 fully saturated rings. The van der Waals surface area contributed by atoms with Crippen LogP contribution in [0.3, 0.4) is 0 Å². The predicted octanol–water partition coefficient (Wildman–Crippen LogP) is 4.24. The van der Waals surface area contributed by atoms with E-state index in [9.17, 15) is 13.2 Å². The first-order valence-corrected chi connectivity index (χ1v) is 6.90. The first kappa shape index (κ1) is 14.2. The number of rotatable bonds is 2. The molecule has 6 heteroatoms. The summed E-state index contributed by atoms with van der Waals surface area (Å²) in [5.74, 6) is 0.450. The highest BCUT2D eigenvalue weighted by Gasteiger charge is 2.34. The molecule has 1 N–H and O–H groups in total. The number of nitrogens with one attached hydrogen (secondary N) is 1. The van der Waals surface area contributed by atoms with E-state index >= 15 is 0 Å². The van der Waals surface area contributed by atoms with Crippen LogP contribution >= 0.6 is 11.8 Å². The van der Waals surface area contributed by atoms with Gasteiger partial charge in [-0.15, -0.1) is 0 Å². The van der Waals surface area contributed by atoms with Gasteiger partial charge >= 0.3 is 6.18 Å². The van der Waals surface area contributed by atoms with Gasteiger partial charge in [0.15, 0.2) is 5.17 Å². The van der Waals surface area contributed by atoms with E-state index in [1.807, 2.05) is 0 Å². The number of hydrogen-bond donors (Lipinski definition) is 1. The molecular formula is C13H15F3N2S. The molecule has 1 aliphatic heterocycles. The molecule has 1 aromatic rings. The first-order valence-electron chi connectivity index (χ1n) is 6.02. The minimum Gasteiger partial charge on any atom is -0.334 e. The number of para-hydroxylation sites is 1. The Morgan fingerprint density at radius 1 is 1.32 bits per heavy atom. The molecule has 0 aromatic heterocycles. The van der Waals surface area contributed by atoms with Gasteiger partial charge in [0.2, 0.25) is 0 Å². The van der Waals surface area contributed by atoms with Crippen molar-refractivity contribution in [3.8, 4) is 0 Å². The van der Waals surface area contributed by atoms with Crippen molar-refractivity contribution >= 4 is 22.6 Å². The van der Waals surface area contributed by atoms with Crippen LogP contribution in [0.5, 0.6) is 0 Å². The fraction of sp³-hybridized carbons (Fsp3) is 0.462. The van der Waals surface area contributed by atoms with Gasteiger partial charge in [-0.05, 0) is 18.1 Å². The summed E-state index contributed by atoms with van der Waals surface area (Å²) in [6, 6.07) is 5.46. The van der Waals surface area contributed by atoms with E-state index in [1.165, 1.54) is 23.9 Å². The zero-order valence-electron chi connectivity index (χ0n) is 10.7. The third kappa shape index (κ3) is 3.43. The van der Waals surface area contributed by atoms with E-state index in [4.69, 9.17) is 0 Å². The molecule has 0 spiro atoms. The highest BCUT2D eigenvalue weighted by Crippen LogP contribution is 2.36. The molecule has 1 aliphatic rings. The van der Waals surface area contributed by atoms with E-state index < -0.39 is 11.7 Å². The molecule has 0 bridgehead atoms. The Balaban J connectivity index is 2.13. The van der Waals surface area contributed by atoms with Crippen LogP contribution in [0.4, 0.5) is 18.9 Å². The van der Waals surface area contributed by atoms with E-state index in [2.05, 4.69) is 24.2 Å². The molecule has 1 heterocycles. The fourth-order valence-corrected chi connectivity index (χ4v) is 2.79. The average Bonchev–Trinajstić information content (AvgIpc) is 2.77. The molecule has 1 unspecified atom stereocenters. The molecular weight excluding hydrogens is 273 g/mol. The summed E-state index contributed by atoms with van der Waals surface area (Å²) in [6.07, 6.45) is -4.36. The molecule has 0 amide bonds. The number of alkyl halides is 3. The molecule has 0 saturated carbocycles. The van der Waals surface area contributed by atoms with Crippen LogP contribution in [0.25, 0.3) is 0 Å². The van der Waals surface area contributed by atoms with Gasteiger partial charge in [0.1, 0.15) is 0 Å². The second-order valence-electron chi connectivity index (χ2n) is 4.71. The smallest absolute Gasteiger partial charge is 0.334 e. The van der Waals surface area contributed by atoms with E-state index in [-0.39, 0.29) is 5.69 Å². The first-order chi connectivity index (χ1) is 8.88. The Bertz CT molecular complexity index is 483. The van der Waals surface area contributed by atoms with Crippen molar-refractivity contribution < 1.29 is 13.2 Å². The molecule has 2 rings (SSSR count). The van der Waals surface area contributed by atoms with Crippen molar-refractivity contribution in [1.29, 1.82) is 0 Å². The van der Waals surface area contributed by atoms with Crippen LogP contribution in [0, 0.1) is 5.92 Å². The van der Waals surface area contributed by atoms with Crippen molar-refractivity contribution in [2.75, 3.05) is 11.9 Å². The summed E-state index contributed by atoms with van der Waals surface area (Å²) < 4.78 is 38.5. The highest BCUT2D eigenvalue weighted by molar-refractivity contribution is 8.15. The maximum Gasteiger partial charge on any atom is 0.418 e. The van der Waals surface area contributed by atoms with Crippen LogP contribution < -0.4 is 5.32 Å². The number of amidine groups is 1. The molecule has 19 heavy (non-hydrogen) atoms. The van der Waals surface area contributed by atoms with Crippen LogP contribution in [0.2, 0.25) is 0 Å². The van der Waals surface area contributed by atoms with Gasteiger partial charge in [-0.2, -0.15) is 13.2 Å². The van der Waals surface area contributed by atoms with Crippen LogP contribution in [-0.2, 0) is 6.18 Å². The number of benzene rings is 1. The van der Waals surface area contributed by atoms with Gasteiger partial charge in [0, 0.05) is 5.25 Å². The van der Waals surface area contributed by atoms with Crippen molar-refractivity contribution in [3.63, 3.8) is 0 Å². The number of halogens is 3. The van der Waals surface area contributed by atoms with Crippen LogP contribution in [-0.4, -0.2) is 17.0 Å². The number of nitrogens with zero attached hydrogens (tertiary/aromatic N) is 1. The fourth-order valence-electron chi connectivity index (χ4n) is 1.76. The van der Waals surface area contributed by atoms with Gasteiger partial charge < -0.3 is 5.32 Å². The van der Waals surface area contributed by atoms with Crippen molar-refractivity contribution in [2.45, 2.75) is 25.3 Å². The Labute approximate surface area is 114 Å². The third-order valence-electron chi connectivity index (χ3n) is 2.90. The molecule has 1 atom stereocenters. The second-order valence-corrected chi connectivity index (χ2v) is 5.94. The quantitative estimate of drug-likeness (QED) is 0.880. The minimum atomic E-state index is -4.36. The van der Waals surface area contributed by atoms with Crippen molar-refractivity contribution in [3.05, 3.63) is 29.8 Å². The lowest BCUT2D eigenvalue weighted by molar-refractivity contribution is -0.136. The summed E-state index contributed by atoms with van der Waals surface area (Å²) >= 11 is 1.50. The van der Waals surface area contributed by atoms with Gasteiger partial charge in [-0.1, -0.05) is 37.7 Å². The second kappa shape index (κ2) is 5.45. The SMILES string of the molecule is CC(C)C1CN=C(Nc2ccccc2C(F)(F)F)S1. The molecule has 2 nitrogen and oxygen atoms in total. The number of anilines is 1. The van der Waals surface area contributed by atoms with E-state index in [1.54, 1.807) is 6.07 Å². The van der Waals surface area contributed by atoms with Crippen LogP contribution in [0.1, 0.15) is 19.4 Å². The van der Waals surface area contributed by atoms with Crippen molar-refractivity contribution in [2.24, 2.45) is 10.9 Å². The Morgan fingerprint density at radius 2 is 2.00 bits per heavy atom. The van der Waals surface area contributed by atoms with Crippen LogP contribution in [0.15, 0.2) is 29.3 Å². The van der Waals surface area contributed by atoms with E-state index in [0.717, 1.165) is 6.07 Å². The summed E-state index contributed by atoms with van der Waals surface area (Å²) in [6.45, 7) is 4.82. The molecule has 1 aromatic carbocycles. The lowest BCUT2D eigenvalue weighted by Crippen LogP contribution is -2.15. The highest BCUT2D eigenvalue weighted by atomic mass is 32.2. The normalized spacial score (nSPS) is 19.7. The molecule has 0 radical (unpaired) electrons. The molecule has 0 saturated heterocycles. The Hall–Kier alpha value is -1.17. The Kier molecular flexibility index (Phi) is 4.08.